The van der Waals surface area contributed by atoms with Crippen molar-refractivity contribution in [1.82, 2.24) is 10.2 Å². The molecule has 0 aliphatic rings. The third-order valence-corrected chi connectivity index (χ3v) is 6.61. The van der Waals surface area contributed by atoms with Crippen molar-refractivity contribution in [1.29, 1.82) is 0 Å². The second-order valence-electron chi connectivity index (χ2n) is 9.98. The molecular formula is C32H45N3O4. The molecule has 0 atom stereocenters. The van der Waals surface area contributed by atoms with Gasteiger partial charge in [0.15, 0.2) is 0 Å². The van der Waals surface area contributed by atoms with Crippen LogP contribution in [0.15, 0.2) is 51.9 Å². The van der Waals surface area contributed by atoms with Crippen molar-refractivity contribution in [3.05, 3.63) is 48.0 Å². The highest BCUT2D eigenvalue weighted by molar-refractivity contribution is 5.85. The fraction of sp³-hybridized carbons (Fsp3) is 0.531. The Kier molecular flexibility index (Phi) is 14.0. The minimum absolute atomic E-state index is 0.108. The monoisotopic (exact) mass is 535 g/mol. The van der Waals surface area contributed by atoms with Crippen molar-refractivity contribution < 1.29 is 19.0 Å². The summed E-state index contributed by atoms with van der Waals surface area (Å²) in [4.78, 5) is 4.25. The molecule has 1 N–H and O–H groups in total. The van der Waals surface area contributed by atoms with Crippen LogP contribution < -0.4 is 9.47 Å². The number of unbranched alkanes of at least 4 members (excludes halogenated alkanes) is 11. The second-order valence-corrected chi connectivity index (χ2v) is 9.98. The summed E-state index contributed by atoms with van der Waals surface area (Å²) >= 11 is 0. The molecule has 0 saturated heterocycles. The molecule has 2 aromatic carbocycles. The van der Waals surface area contributed by atoms with Gasteiger partial charge < -0.3 is 19.0 Å². The summed E-state index contributed by atoms with van der Waals surface area (Å²) in [6, 6.07) is 12.9. The van der Waals surface area contributed by atoms with Crippen molar-refractivity contribution in [2.45, 2.75) is 97.3 Å². The number of nitrogens with zero attached hydrogens (tertiary/aromatic N) is 3. The molecule has 7 heteroatoms. The van der Waals surface area contributed by atoms with Gasteiger partial charge in [-0.05, 0) is 55.3 Å². The van der Waals surface area contributed by atoms with Gasteiger partial charge in [0.2, 0.25) is 5.89 Å². The van der Waals surface area contributed by atoms with Crippen molar-refractivity contribution in [2.75, 3.05) is 13.2 Å². The van der Waals surface area contributed by atoms with Gasteiger partial charge in [0.1, 0.15) is 17.2 Å². The van der Waals surface area contributed by atoms with Crippen LogP contribution in [0.2, 0.25) is 0 Å². The van der Waals surface area contributed by atoms with Gasteiger partial charge in [0, 0.05) is 17.3 Å². The fourth-order valence-corrected chi connectivity index (χ4v) is 4.25. The van der Waals surface area contributed by atoms with E-state index in [2.05, 4.69) is 29.0 Å². The van der Waals surface area contributed by atoms with Crippen molar-refractivity contribution in [3.63, 3.8) is 0 Å². The summed E-state index contributed by atoms with van der Waals surface area (Å²) < 4.78 is 17.4. The first-order valence-electron chi connectivity index (χ1n) is 14.8. The van der Waals surface area contributed by atoms with E-state index >= 15 is 0 Å². The van der Waals surface area contributed by atoms with Gasteiger partial charge in [0.25, 0.3) is 0 Å². The quantitative estimate of drug-likeness (QED) is 0.115. The summed E-state index contributed by atoms with van der Waals surface area (Å²) in [7, 11) is 0. The molecule has 1 aromatic heterocycles. The number of phenolic OH excluding ortho intramolecular Hbond substituents is 1. The maximum absolute atomic E-state index is 10.2. The van der Waals surface area contributed by atoms with Crippen LogP contribution in [0.5, 0.6) is 17.2 Å². The van der Waals surface area contributed by atoms with Gasteiger partial charge in [-0.2, -0.15) is 0 Å². The lowest BCUT2D eigenvalue weighted by Gasteiger charge is -2.07. The Morgan fingerprint density at radius 3 is 1.92 bits per heavy atom. The van der Waals surface area contributed by atoms with Crippen LogP contribution >= 0.6 is 0 Å². The van der Waals surface area contributed by atoms with E-state index in [0.29, 0.717) is 23.8 Å². The van der Waals surface area contributed by atoms with Crippen LogP contribution in [0.3, 0.4) is 0 Å². The lowest BCUT2D eigenvalue weighted by atomic mass is 10.1. The number of hydrogen-bond acceptors (Lipinski definition) is 7. The van der Waals surface area contributed by atoms with E-state index in [1.807, 2.05) is 24.3 Å². The number of benzene rings is 2. The number of rotatable bonds is 20. The van der Waals surface area contributed by atoms with Crippen molar-refractivity contribution >= 4 is 12.2 Å². The Bertz CT molecular complexity index is 1100. The largest absolute Gasteiger partial charge is 0.507 e. The summed E-state index contributed by atoms with van der Waals surface area (Å²) in [5.74, 6) is 2.01. The Balaban J connectivity index is 1.43. The van der Waals surface area contributed by atoms with Gasteiger partial charge in [-0.15, -0.1) is 5.10 Å². The molecule has 3 aromatic rings. The normalized spacial score (nSPS) is 11.3. The van der Waals surface area contributed by atoms with E-state index < -0.39 is 0 Å². The predicted octanol–water partition coefficient (Wildman–Crippen LogP) is 9.06. The summed E-state index contributed by atoms with van der Waals surface area (Å²) in [5, 5.41) is 18.3. The Morgan fingerprint density at radius 1 is 0.718 bits per heavy atom. The van der Waals surface area contributed by atoms with Gasteiger partial charge in [0.05, 0.1) is 13.2 Å². The molecular weight excluding hydrogens is 490 g/mol. The number of aliphatic imine (C=N–C) groups is 1. The average Bonchev–Trinajstić information content (AvgIpc) is 3.43. The smallest absolute Gasteiger partial charge is 0.342 e. The standard InChI is InChI=1S/C32H45N3O4/c1-3-5-7-9-10-11-13-15-22-37-28-18-16-26(17-19-28)31-34-35-32(39-31)33-25-27-24-29(20-21-30(27)36)38-23-14-12-8-6-4-2/h16-21,24-25,36H,3-15,22-23H2,1-2H3/b33-25+. The molecule has 0 aliphatic heterocycles. The van der Waals surface area contributed by atoms with E-state index in [1.165, 1.54) is 70.4 Å². The van der Waals surface area contributed by atoms with Crippen LogP contribution in [0, 0.1) is 0 Å². The zero-order valence-electron chi connectivity index (χ0n) is 23.7. The molecule has 0 saturated carbocycles. The van der Waals surface area contributed by atoms with Gasteiger partial charge >= 0.3 is 6.01 Å². The molecule has 39 heavy (non-hydrogen) atoms. The molecule has 0 aliphatic carbocycles. The minimum atomic E-state index is 0.108. The average molecular weight is 536 g/mol. The van der Waals surface area contributed by atoms with E-state index in [9.17, 15) is 5.11 Å². The van der Waals surface area contributed by atoms with Crippen LogP contribution in [0.1, 0.15) is 103 Å². The lowest BCUT2D eigenvalue weighted by molar-refractivity contribution is 0.304. The third kappa shape index (κ3) is 11.5. The fourth-order valence-electron chi connectivity index (χ4n) is 4.25. The van der Waals surface area contributed by atoms with Crippen LogP contribution in [-0.2, 0) is 0 Å². The van der Waals surface area contributed by atoms with Crippen LogP contribution in [-0.4, -0.2) is 34.7 Å². The number of phenols is 1. The maximum atomic E-state index is 10.2. The molecule has 7 nitrogen and oxygen atoms in total. The van der Waals surface area contributed by atoms with Crippen LogP contribution in [0.25, 0.3) is 11.5 Å². The molecule has 0 bridgehead atoms. The zero-order chi connectivity index (χ0) is 27.5. The maximum Gasteiger partial charge on any atom is 0.342 e. The first-order valence-corrected chi connectivity index (χ1v) is 14.8. The topological polar surface area (TPSA) is 90.0 Å². The highest BCUT2D eigenvalue weighted by Gasteiger charge is 2.09. The molecule has 1 heterocycles. The first-order chi connectivity index (χ1) is 19.2. The Labute approximate surface area is 233 Å². The molecule has 212 valence electrons. The van der Waals surface area contributed by atoms with Gasteiger partial charge in [-0.3, -0.25) is 0 Å². The molecule has 0 unspecified atom stereocenters. The Morgan fingerprint density at radius 2 is 1.28 bits per heavy atom. The van der Waals surface area contributed by atoms with E-state index in [1.54, 1.807) is 18.2 Å². The summed E-state index contributed by atoms with van der Waals surface area (Å²) in [5.41, 5.74) is 1.32. The van der Waals surface area contributed by atoms with Gasteiger partial charge in [-0.25, -0.2) is 4.99 Å². The summed E-state index contributed by atoms with van der Waals surface area (Å²) in [6.45, 7) is 5.84. The minimum Gasteiger partial charge on any atom is -0.507 e. The highest BCUT2D eigenvalue weighted by atomic mass is 16.5. The molecule has 0 radical (unpaired) electrons. The van der Waals surface area contributed by atoms with E-state index in [-0.39, 0.29) is 11.8 Å². The highest BCUT2D eigenvalue weighted by Crippen LogP contribution is 2.26. The molecule has 0 fully saturated rings. The molecule has 0 spiro atoms. The molecule has 0 amide bonds. The van der Waals surface area contributed by atoms with Gasteiger partial charge in [-0.1, -0.05) is 89.6 Å². The van der Waals surface area contributed by atoms with E-state index in [0.717, 1.165) is 37.2 Å². The van der Waals surface area contributed by atoms with Crippen molar-refractivity contribution in [2.24, 2.45) is 4.99 Å². The van der Waals surface area contributed by atoms with Crippen LogP contribution in [0.4, 0.5) is 6.01 Å². The second kappa shape index (κ2) is 18.0. The number of aromatic nitrogens is 2. The van der Waals surface area contributed by atoms with Crippen molar-refractivity contribution in [3.8, 4) is 28.7 Å². The summed E-state index contributed by atoms with van der Waals surface area (Å²) in [6.07, 6.45) is 17.7. The SMILES string of the molecule is CCCCCCCCCCOc1ccc(-c2nnc(/N=C/c3cc(OCCCCCCC)ccc3O)o2)cc1. The van der Waals surface area contributed by atoms with E-state index in [4.69, 9.17) is 13.9 Å². The lowest BCUT2D eigenvalue weighted by Crippen LogP contribution is -1.98. The number of aromatic hydroxyl groups is 1. The predicted molar refractivity (Wildman–Crippen MR) is 157 cm³/mol. The zero-order valence-corrected chi connectivity index (χ0v) is 23.7. The first kappa shape index (κ1) is 30.2. The number of hydrogen-bond donors (Lipinski definition) is 1. The number of ether oxygens (including phenoxy) is 2. The Hall–Kier alpha value is -3.35. The molecule has 3 rings (SSSR count). The third-order valence-electron chi connectivity index (χ3n) is 6.61.